The third-order valence-corrected chi connectivity index (χ3v) is 3.99. The molecule has 1 unspecified atom stereocenters. The number of nitrogens with zero attached hydrogens (tertiary/aromatic N) is 1. The molecule has 2 rings (SSSR count). The zero-order valence-corrected chi connectivity index (χ0v) is 13.9. The van der Waals surface area contributed by atoms with Gasteiger partial charge in [-0.05, 0) is 12.1 Å². The van der Waals surface area contributed by atoms with E-state index in [1.807, 2.05) is 30.3 Å². The van der Waals surface area contributed by atoms with Crippen molar-refractivity contribution in [1.29, 1.82) is 0 Å². The molecule has 1 aromatic carbocycles. The molecule has 2 N–H and O–H groups in total. The van der Waals surface area contributed by atoms with Gasteiger partial charge in [0.15, 0.2) is 6.04 Å². The van der Waals surface area contributed by atoms with Gasteiger partial charge >= 0.3 is 5.97 Å². The van der Waals surface area contributed by atoms with E-state index in [0.717, 1.165) is 11.3 Å². The molecule has 0 aliphatic heterocycles. The Bertz CT molecular complexity index is 674. The van der Waals surface area contributed by atoms with Crippen molar-refractivity contribution < 1.29 is 23.8 Å². The van der Waals surface area contributed by atoms with Crippen molar-refractivity contribution in [2.75, 3.05) is 19.5 Å². The number of ether oxygens (including phenoxy) is 1. The molecular formula is C16H18N2O5S. The van der Waals surface area contributed by atoms with Gasteiger partial charge in [-0.15, -0.1) is 11.8 Å². The Balaban J connectivity index is 1.79. The van der Waals surface area contributed by atoms with E-state index in [9.17, 15) is 9.59 Å². The summed E-state index contributed by atoms with van der Waals surface area (Å²) in [4.78, 5) is 27.1. The lowest BCUT2D eigenvalue weighted by Gasteiger charge is -2.12. The first kappa shape index (κ1) is 18.0. The van der Waals surface area contributed by atoms with E-state index in [-0.39, 0.29) is 18.3 Å². The predicted molar refractivity (Wildman–Crippen MR) is 89.5 cm³/mol. The van der Waals surface area contributed by atoms with E-state index in [1.165, 1.54) is 18.9 Å². The van der Waals surface area contributed by atoms with Crippen LogP contribution >= 0.6 is 11.8 Å². The zero-order valence-electron chi connectivity index (χ0n) is 13.1. The summed E-state index contributed by atoms with van der Waals surface area (Å²) in [5.74, 6) is -0.343. The number of carboxylic acid groups (broad SMARTS) is 1. The van der Waals surface area contributed by atoms with Crippen molar-refractivity contribution in [3.8, 4) is 11.5 Å². The van der Waals surface area contributed by atoms with Crippen LogP contribution in [0.4, 0.5) is 0 Å². The number of nitrogens with one attached hydrogen (secondary N) is 1. The summed E-state index contributed by atoms with van der Waals surface area (Å²) >= 11 is 1.33. The van der Waals surface area contributed by atoms with E-state index < -0.39 is 12.0 Å². The number of methoxy groups -OCH3 is 1. The van der Waals surface area contributed by atoms with Crippen LogP contribution in [0.15, 0.2) is 41.0 Å². The number of benzene rings is 1. The minimum Gasteiger partial charge on any atom is -0.480 e. The predicted octanol–water partition coefficient (Wildman–Crippen LogP) is 1.79. The molecule has 0 aliphatic rings. The minimum absolute atomic E-state index is 0.0739. The zero-order chi connectivity index (χ0) is 17.4. The number of carbonyl (C=O) groups excluding carboxylic acids is 1. The van der Waals surface area contributed by atoms with E-state index in [4.69, 9.17) is 14.3 Å². The molecule has 0 saturated heterocycles. The Morgan fingerprint density at radius 1 is 1.38 bits per heavy atom. The molecule has 1 amide bonds. The van der Waals surface area contributed by atoms with Crippen LogP contribution in [0.1, 0.15) is 5.69 Å². The van der Waals surface area contributed by atoms with Gasteiger partial charge in [-0.3, -0.25) is 4.79 Å². The maximum atomic E-state index is 11.8. The second kappa shape index (κ2) is 9.09. The number of aromatic nitrogens is 1. The number of carbonyl (C=O) groups is 2. The topological polar surface area (TPSA) is 102 Å². The molecule has 1 atom stereocenters. The molecule has 0 bridgehead atoms. The fourth-order valence-electron chi connectivity index (χ4n) is 1.91. The van der Waals surface area contributed by atoms with E-state index in [2.05, 4.69) is 10.3 Å². The highest BCUT2D eigenvalue weighted by atomic mass is 32.2. The highest BCUT2D eigenvalue weighted by Crippen LogP contribution is 2.20. The van der Waals surface area contributed by atoms with Crippen LogP contribution in [0.2, 0.25) is 0 Å². The molecule has 0 spiro atoms. The van der Waals surface area contributed by atoms with Gasteiger partial charge in [0.1, 0.15) is 6.26 Å². The Kier molecular flexibility index (Phi) is 6.83. The summed E-state index contributed by atoms with van der Waals surface area (Å²) in [7, 11) is 1.38. The monoisotopic (exact) mass is 350 g/mol. The highest BCUT2D eigenvalue weighted by molar-refractivity contribution is 7.99. The molecule has 0 fully saturated rings. The van der Waals surface area contributed by atoms with Crippen molar-refractivity contribution in [1.82, 2.24) is 10.3 Å². The summed E-state index contributed by atoms with van der Waals surface area (Å²) in [6.45, 7) is -0.0739. The number of aliphatic carboxylic acids is 1. The van der Waals surface area contributed by atoms with Gasteiger partial charge in [-0.2, -0.15) is 0 Å². The Hall–Kier alpha value is -2.32. The van der Waals surface area contributed by atoms with Crippen LogP contribution in [-0.2, 0) is 20.1 Å². The highest BCUT2D eigenvalue weighted by Gasteiger charge is 2.19. The first-order valence-electron chi connectivity index (χ1n) is 7.19. The Morgan fingerprint density at radius 2 is 2.12 bits per heavy atom. The van der Waals surface area contributed by atoms with Crippen LogP contribution in [0.3, 0.4) is 0 Å². The number of hydrogen-bond acceptors (Lipinski definition) is 6. The van der Waals surface area contributed by atoms with Crippen molar-refractivity contribution in [3.63, 3.8) is 0 Å². The van der Waals surface area contributed by atoms with Crippen LogP contribution in [0.5, 0.6) is 0 Å². The molecule has 1 aromatic heterocycles. The largest absolute Gasteiger partial charge is 0.480 e. The number of rotatable bonds is 9. The smallest absolute Gasteiger partial charge is 0.328 e. The van der Waals surface area contributed by atoms with Gasteiger partial charge in [-0.1, -0.05) is 18.2 Å². The lowest BCUT2D eigenvalue weighted by molar-refractivity contribution is -0.142. The maximum Gasteiger partial charge on any atom is 0.328 e. The van der Waals surface area contributed by atoms with Gasteiger partial charge in [-0.25, -0.2) is 9.78 Å². The molecule has 1 heterocycles. The summed E-state index contributed by atoms with van der Waals surface area (Å²) < 4.78 is 10.2. The van der Waals surface area contributed by atoms with Crippen LogP contribution < -0.4 is 5.32 Å². The summed E-state index contributed by atoms with van der Waals surface area (Å²) in [5, 5.41) is 11.4. The van der Waals surface area contributed by atoms with Crippen molar-refractivity contribution in [2.24, 2.45) is 0 Å². The average Bonchev–Trinajstić information content (AvgIpc) is 3.04. The molecule has 128 valence electrons. The maximum absolute atomic E-state index is 11.8. The second-order valence-corrected chi connectivity index (χ2v) is 5.90. The van der Waals surface area contributed by atoms with Gasteiger partial charge in [0.2, 0.25) is 11.8 Å². The lowest BCUT2D eigenvalue weighted by atomic mass is 10.2. The molecule has 0 saturated carbocycles. The number of hydrogen-bond donors (Lipinski definition) is 2. The first-order chi connectivity index (χ1) is 11.6. The SMILES string of the molecule is COCC(NC(=O)CSCc1coc(-c2ccccc2)n1)C(=O)O. The Morgan fingerprint density at radius 3 is 2.79 bits per heavy atom. The second-order valence-electron chi connectivity index (χ2n) is 4.92. The van der Waals surface area contributed by atoms with E-state index >= 15 is 0 Å². The first-order valence-corrected chi connectivity index (χ1v) is 8.34. The van der Waals surface area contributed by atoms with Crippen LogP contribution in [-0.4, -0.2) is 47.5 Å². The molecule has 8 heteroatoms. The van der Waals surface area contributed by atoms with Crippen LogP contribution in [0, 0.1) is 0 Å². The Labute approximate surface area is 143 Å². The number of amides is 1. The normalized spacial score (nSPS) is 11.9. The molecule has 0 radical (unpaired) electrons. The molecule has 7 nitrogen and oxygen atoms in total. The molecule has 24 heavy (non-hydrogen) atoms. The van der Waals surface area contributed by atoms with Gasteiger partial charge < -0.3 is 19.6 Å². The van der Waals surface area contributed by atoms with Crippen LogP contribution in [0.25, 0.3) is 11.5 Å². The van der Waals surface area contributed by atoms with E-state index in [0.29, 0.717) is 11.6 Å². The fraction of sp³-hybridized carbons (Fsp3) is 0.312. The van der Waals surface area contributed by atoms with Crippen molar-refractivity contribution in [3.05, 3.63) is 42.3 Å². The number of oxazole rings is 1. The summed E-state index contributed by atoms with van der Waals surface area (Å²) in [5.41, 5.74) is 1.61. The third kappa shape index (κ3) is 5.39. The average molecular weight is 350 g/mol. The third-order valence-electron chi connectivity index (χ3n) is 3.02. The quantitative estimate of drug-likeness (QED) is 0.711. The molecule has 2 aromatic rings. The number of carboxylic acids is 1. The summed E-state index contributed by atoms with van der Waals surface area (Å²) in [6, 6.07) is 8.47. The van der Waals surface area contributed by atoms with Crippen molar-refractivity contribution in [2.45, 2.75) is 11.8 Å². The fourth-order valence-corrected chi connectivity index (χ4v) is 2.62. The van der Waals surface area contributed by atoms with Gasteiger partial charge in [0, 0.05) is 18.4 Å². The number of thioether (sulfide) groups is 1. The molecular weight excluding hydrogens is 332 g/mol. The van der Waals surface area contributed by atoms with Crippen molar-refractivity contribution >= 4 is 23.6 Å². The standard InChI is InChI=1S/C16H18N2O5S/c1-22-8-13(16(20)21)18-14(19)10-24-9-12-7-23-15(17-12)11-5-3-2-4-6-11/h2-7,13H,8-10H2,1H3,(H,18,19)(H,20,21). The van der Waals surface area contributed by atoms with Gasteiger partial charge in [0.05, 0.1) is 18.1 Å². The molecule has 0 aliphatic carbocycles. The summed E-state index contributed by atoms with van der Waals surface area (Å²) in [6.07, 6.45) is 1.55. The van der Waals surface area contributed by atoms with E-state index in [1.54, 1.807) is 6.26 Å². The van der Waals surface area contributed by atoms with Gasteiger partial charge in [0.25, 0.3) is 0 Å². The minimum atomic E-state index is -1.13. The lowest BCUT2D eigenvalue weighted by Crippen LogP contribution is -2.44.